The maximum Gasteiger partial charge on any atom is 0.225 e. The van der Waals surface area contributed by atoms with Gasteiger partial charge in [0.25, 0.3) is 0 Å². The Bertz CT molecular complexity index is 762. The molecule has 0 unspecified atom stereocenters. The summed E-state index contributed by atoms with van der Waals surface area (Å²) in [5.74, 6) is 0.726. The van der Waals surface area contributed by atoms with E-state index in [-0.39, 0.29) is 17.9 Å². The van der Waals surface area contributed by atoms with Crippen LogP contribution in [-0.4, -0.2) is 36.9 Å². The molecule has 0 spiro atoms. The van der Waals surface area contributed by atoms with Crippen LogP contribution in [0.25, 0.3) is 0 Å². The maximum absolute atomic E-state index is 12.5. The summed E-state index contributed by atoms with van der Waals surface area (Å²) < 4.78 is 16.4. The number of nitrogens with one attached hydrogen (secondary N) is 2. The zero-order chi connectivity index (χ0) is 19.8. The van der Waals surface area contributed by atoms with E-state index in [4.69, 9.17) is 14.0 Å². The molecular formula is C21H29N3O4. The first-order valence-corrected chi connectivity index (χ1v) is 9.94. The van der Waals surface area contributed by atoms with Crippen molar-refractivity contribution in [2.75, 3.05) is 19.8 Å². The van der Waals surface area contributed by atoms with Crippen molar-refractivity contribution in [3.8, 4) is 5.75 Å². The first-order chi connectivity index (χ1) is 13.7. The minimum atomic E-state index is -0.118. The summed E-state index contributed by atoms with van der Waals surface area (Å²) in [5.41, 5.74) is 3.03. The van der Waals surface area contributed by atoms with Gasteiger partial charge in [-0.1, -0.05) is 30.3 Å². The Labute approximate surface area is 165 Å². The van der Waals surface area contributed by atoms with Crippen molar-refractivity contribution in [3.63, 3.8) is 0 Å². The molecule has 0 bridgehead atoms. The normalized spacial score (nSPS) is 18.9. The Hall–Kier alpha value is -2.38. The van der Waals surface area contributed by atoms with Gasteiger partial charge in [0.2, 0.25) is 5.91 Å². The van der Waals surface area contributed by atoms with Gasteiger partial charge in [-0.3, -0.25) is 4.79 Å². The number of hydrogen-bond donors (Lipinski definition) is 2. The number of carbonyl (C=O) groups is 1. The highest BCUT2D eigenvalue weighted by atomic mass is 16.5. The van der Waals surface area contributed by atoms with Gasteiger partial charge < -0.3 is 24.6 Å². The summed E-state index contributed by atoms with van der Waals surface area (Å²) in [6.45, 7) is 6.91. The molecule has 1 amide bonds. The third-order valence-electron chi connectivity index (χ3n) is 4.93. The van der Waals surface area contributed by atoms with Crippen molar-refractivity contribution in [2.24, 2.45) is 5.92 Å². The summed E-state index contributed by atoms with van der Waals surface area (Å²) in [6, 6.07) is 7.77. The number of amides is 1. The second-order valence-corrected chi connectivity index (χ2v) is 6.92. The average molecular weight is 387 g/mol. The van der Waals surface area contributed by atoms with Crippen LogP contribution in [-0.2, 0) is 29.0 Å². The van der Waals surface area contributed by atoms with Gasteiger partial charge in [-0.2, -0.15) is 0 Å². The van der Waals surface area contributed by atoms with Crippen LogP contribution in [0, 0.1) is 5.92 Å². The van der Waals surface area contributed by atoms with Gasteiger partial charge in [-0.25, -0.2) is 0 Å². The predicted molar refractivity (Wildman–Crippen MR) is 105 cm³/mol. The fourth-order valence-corrected chi connectivity index (χ4v) is 3.39. The molecule has 2 N–H and O–H groups in total. The minimum absolute atomic E-state index is 0.0288. The molecule has 1 fully saturated rings. The van der Waals surface area contributed by atoms with Crippen LogP contribution < -0.4 is 15.4 Å². The number of nitrogens with zero attached hydrogens (tertiary/aromatic N) is 1. The molecule has 1 aromatic heterocycles. The van der Waals surface area contributed by atoms with E-state index < -0.39 is 0 Å². The number of aromatic nitrogens is 1. The van der Waals surface area contributed by atoms with Gasteiger partial charge in [0.15, 0.2) is 0 Å². The maximum atomic E-state index is 12.5. The molecule has 2 atom stereocenters. The smallest absolute Gasteiger partial charge is 0.225 e. The summed E-state index contributed by atoms with van der Waals surface area (Å²) in [7, 11) is 0. The molecule has 0 aliphatic carbocycles. The highest BCUT2D eigenvalue weighted by Crippen LogP contribution is 2.21. The number of para-hydroxylation sites is 1. The van der Waals surface area contributed by atoms with E-state index in [1.54, 1.807) is 6.26 Å². The summed E-state index contributed by atoms with van der Waals surface area (Å²) in [5, 5.41) is 10.4. The molecule has 2 aromatic rings. The molecule has 2 heterocycles. The number of benzene rings is 1. The quantitative estimate of drug-likeness (QED) is 0.651. The van der Waals surface area contributed by atoms with E-state index in [2.05, 4.69) is 22.7 Å². The van der Waals surface area contributed by atoms with E-state index in [0.29, 0.717) is 32.8 Å². The number of hydrogen-bond acceptors (Lipinski definition) is 6. The van der Waals surface area contributed by atoms with E-state index in [0.717, 1.165) is 35.4 Å². The first-order valence-electron chi connectivity index (χ1n) is 9.94. The third kappa shape index (κ3) is 5.33. The monoisotopic (exact) mass is 387 g/mol. The second kappa shape index (κ2) is 10.2. The SMILES string of the molecule is CCOc1ccccc1CNC(=O)[C@@H]1CO[C@H](CNCc2conc2CC)C1. The lowest BCUT2D eigenvalue weighted by Gasteiger charge is -2.13. The lowest BCUT2D eigenvalue weighted by molar-refractivity contribution is -0.125. The van der Waals surface area contributed by atoms with E-state index in [1.807, 2.05) is 31.2 Å². The topological polar surface area (TPSA) is 85.6 Å². The van der Waals surface area contributed by atoms with Crippen LogP contribution in [0.4, 0.5) is 0 Å². The van der Waals surface area contributed by atoms with Gasteiger partial charge in [-0.05, 0) is 25.8 Å². The van der Waals surface area contributed by atoms with Crippen molar-refractivity contribution >= 4 is 5.91 Å². The number of rotatable bonds is 10. The molecule has 1 aliphatic heterocycles. The fraction of sp³-hybridized carbons (Fsp3) is 0.524. The van der Waals surface area contributed by atoms with Gasteiger partial charge in [0, 0.05) is 30.8 Å². The first kappa shape index (κ1) is 20.4. The van der Waals surface area contributed by atoms with Crippen molar-refractivity contribution in [3.05, 3.63) is 47.3 Å². The van der Waals surface area contributed by atoms with Crippen LogP contribution in [0.1, 0.15) is 37.1 Å². The Morgan fingerprint density at radius 1 is 1.25 bits per heavy atom. The molecule has 152 valence electrons. The Morgan fingerprint density at radius 2 is 2.11 bits per heavy atom. The number of carbonyl (C=O) groups excluding carboxylic acids is 1. The molecule has 7 heteroatoms. The van der Waals surface area contributed by atoms with Crippen molar-refractivity contribution in [2.45, 2.75) is 45.9 Å². The zero-order valence-electron chi connectivity index (χ0n) is 16.6. The highest BCUT2D eigenvalue weighted by Gasteiger charge is 2.30. The van der Waals surface area contributed by atoms with Gasteiger partial charge in [-0.15, -0.1) is 0 Å². The van der Waals surface area contributed by atoms with Crippen LogP contribution in [0.5, 0.6) is 5.75 Å². The van der Waals surface area contributed by atoms with E-state index in [9.17, 15) is 4.79 Å². The molecule has 0 saturated carbocycles. The third-order valence-corrected chi connectivity index (χ3v) is 4.93. The minimum Gasteiger partial charge on any atom is -0.494 e. The number of ether oxygens (including phenoxy) is 2. The fourth-order valence-electron chi connectivity index (χ4n) is 3.39. The van der Waals surface area contributed by atoms with E-state index in [1.165, 1.54) is 0 Å². The molecule has 1 saturated heterocycles. The zero-order valence-corrected chi connectivity index (χ0v) is 16.6. The molecule has 3 rings (SSSR count). The lowest BCUT2D eigenvalue weighted by atomic mass is 10.0. The van der Waals surface area contributed by atoms with Crippen molar-refractivity contribution < 1.29 is 18.8 Å². The summed E-state index contributed by atoms with van der Waals surface area (Å²) >= 11 is 0. The Kier molecular flexibility index (Phi) is 7.45. The molecule has 28 heavy (non-hydrogen) atoms. The molecule has 0 radical (unpaired) electrons. The van der Waals surface area contributed by atoms with Crippen LogP contribution >= 0.6 is 0 Å². The van der Waals surface area contributed by atoms with Crippen LogP contribution in [0.3, 0.4) is 0 Å². The molecule has 1 aliphatic rings. The largest absolute Gasteiger partial charge is 0.494 e. The van der Waals surface area contributed by atoms with Crippen molar-refractivity contribution in [1.82, 2.24) is 15.8 Å². The van der Waals surface area contributed by atoms with Gasteiger partial charge in [0.05, 0.1) is 30.9 Å². The summed E-state index contributed by atoms with van der Waals surface area (Å²) in [4.78, 5) is 12.5. The lowest BCUT2D eigenvalue weighted by Crippen LogP contribution is -2.31. The van der Waals surface area contributed by atoms with E-state index >= 15 is 0 Å². The van der Waals surface area contributed by atoms with Gasteiger partial charge in [0.1, 0.15) is 12.0 Å². The van der Waals surface area contributed by atoms with Crippen LogP contribution in [0.15, 0.2) is 35.1 Å². The summed E-state index contributed by atoms with van der Waals surface area (Å²) in [6.07, 6.45) is 3.28. The van der Waals surface area contributed by atoms with Gasteiger partial charge >= 0.3 is 0 Å². The number of aryl methyl sites for hydroxylation is 1. The van der Waals surface area contributed by atoms with Crippen molar-refractivity contribution in [1.29, 1.82) is 0 Å². The predicted octanol–water partition coefficient (Wildman–Crippen LogP) is 2.45. The standard InChI is InChI=1S/C21H29N3O4/c1-3-19-17(14-28-24-19)10-22-12-18-9-16(13-27-18)21(25)23-11-15-7-5-6-8-20(15)26-4-2/h5-8,14,16,18,22H,3-4,9-13H2,1-2H3,(H,23,25)/t16-,18-/m0/s1. The Morgan fingerprint density at radius 3 is 2.93 bits per heavy atom. The second-order valence-electron chi connectivity index (χ2n) is 6.92. The molecule has 1 aromatic carbocycles. The molecular weight excluding hydrogens is 358 g/mol. The highest BCUT2D eigenvalue weighted by molar-refractivity contribution is 5.79. The van der Waals surface area contributed by atoms with Crippen LogP contribution in [0.2, 0.25) is 0 Å². The average Bonchev–Trinajstić information content (AvgIpc) is 3.37. The Balaban J connectivity index is 1.40. The molecule has 7 nitrogen and oxygen atoms in total.